The Morgan fingerprint density at radius 3 is 2.92 bits per heavy atom. The zero-order valence-electron chi connectivity index (χ0n) is 14.7. The number of hydrogen-bond acceptors (Lipinski definition) is 5. The Hall–Kier alpha value is -2.22. The van der Waals surface area contributed by atoms with Gasteiger partial charge in [-0.2, -0.15) is 5.10 Å². The zero-order valence-corrected chi connectivity index (χ0v) is 14.7. The summed E-state index contributed by atoms with van der Waals surface area (Å²) in [6.45, 7) is 4.18. The Labute approximate surface area is 146 Å². The average molecular weight is 344 g/mol. The molecule has 1 saturated heterocycles. The molecule has 1 aliphatic heterocycles. The van der Waals surface area contributed by atoms with Crippen molar-refractivity contribution in [3.8, 4) is 0 Å². The highest BCUT2D eigenvalue weighted by atomic mass is 16.5. The minimum atomic E-state index is 0.141. The number of aromatic nitrogens is 5. The van der Waals surface area contributed by atoms with Crippen molar-refractivity contribution in [2.24, 2.45) is 11.8 Å². The second-order valence-electron chi connectivity index (χ2n) is 7.08. The Balaban J connectivity index is 1.48. The van der Waals surface area contributed by atoms with Gasteiger partial charge in [0.1, 0.15) is 19.0 Å². The molecule has 1 N–H and O–H groups in total. The Morgan fingerprint density at radius 1 is 1.40 bits per heavy atom. The third-order valence-corrected chi connectivity index (χ3v) is 5.34. The second-order valence-corrected chi connectivity index (χ2v) is 7.08. The lowest BCUT2D eigenvalue weighted by atomic mass is 9.91. The van der Waals surface area contributed by atoms with Crippen LogP contribution in [-0.2, 0) is 22.7 Å². The summed E-state index contributed by atoms with van der Waals surface area (Å²) in [5.74, 6) is 3.93. The number of methoxy groups -OCH3 is 1. The van der Waals surface area contributed by atoms with Crippen molar-refractivity contribution < 1.29 is 9.53 Å². The van der Waals surface area contributed by atoms with E-state index in [4.69, 9.17) is 4.74 Å². The highest BCUT2D eigenvalue weighted by Crippen LogP contribution is 2.47. The zero-order chi connectivity index (χ0) is 17.4. The SMILES string of the molecule is COCc1nc([C@H]2CN(C(=O)Cn3ccnc3C)C[C@@H]2C2CC2)n[nH]1. The third-order valence-electron chi connectivity index (χ3n) is 5.34. The van der Waals surface area contributed by atoms with Crippen LogP contribution < -0.4 is 0 Å². The van der Waals surface area contributed by atoms with E-state index < -0.39 is 0 Å². The number of likely N-dealkylation sites (tertiary alicyclic amines) is 1. The Bertz CT molecular complexity index is 750. The van der Waals surface area contributed by atoms with Crippen LogP contribution in [0.1, 0.15) is 36.2 Å². The predicted molar refractivity (Wildman–Crippen MR) is 89.6 cm³/mol. The van der Waals surface area contributed by atoms with Gasteiger partial charge in [0.2, 0.25) is 5.91 Å². The molecule has 4 rings (SSSR count). The molecule has 0 unspecified atom stereocenters. The van der Waals surface area contributed by atoms with Crippen molar-refractivity contribution in [1.82, 2.24) is 29.6 Å². The number of rotatable bonds is 6. The number of nitrogens with one attached hydrogen (secondary N) is 1. The fraction of sp³-hybridized carbons (Fsp3) is 0.647. The van der Waals surface area contributed by atoms with Crippen molar-refractivity contribution in [2.45, 2.75) is 38.8 Å². The Kier molecular flexibility index (Phi) is 4.29. The first-order valence-corrected chi connectivity index (χ1v) is 8.81. The van der Waals surface area contributed by atoms with Gasteiger partial charge in [0, 0.05) is 38.5 Å². The normalized spacial score (nSPS) is 23.4. The lowest BCUT2D eigenvalue weighted by Gasteiger charge is -2.17. The number of carbonyl (C=O) groups is 1. The summed E-state index contributed by atoms with van der Waals surface area (Å²) < 4.78 is 7.01. The summed E-state index contributed by atoms with van der Waals surface area (Å²) in [5, 5.41) is 7.34. The Morgan fingerprint density at radius 2 is 2.24 bits per heavy atom. The number of H-pyrrole nitrogens is 1. The number of nitrogens with zero attached hydrogens (tertiary/aromatic N) is 5. The molecule has 0 aromatic carbocycles. The molecular weight excluding hydrogens is 320 g/mol. The molecule has 1 saturated carbocycles. The molecule has 8 heteroatoms. The number of ether oxygens (including phenoxy) is 1. The monoisotopic (exact) mass is 344 g/mol. The molecule has 0 radical (unpaired) electrons. The maximum Gasteiger partial charge on any atom is 0.242 e. The number of amides is 1. The van der Waals surface area contributed by atoms with Gasteiger partial charge in [0.05, 0.1) is 0 Å². The molecule has 3 heterocycles. The molecule has 2 aliphatic rings. The molecule has 2 atom stereocenters. The minimum Gasteiger partial charge on any atom is -0.377 e. The summed E-state index contributed by atoms with van der Waals surface area (Å²) in [6.07, 6.45) is 6.08. The van der Waals surface area contributed by atoms with Gasteiger partial charge in [-0.1, -0.05) is 0 Å². The highest BCUT2D eigenvalue weighted by Gasteiger charge is 2.45. The average Bonchev–Trinajstić information content (AvgIpc) is 2.99. The summed E-state index contributed by atoms with van der Waals surface area (Å²) in [5.41, 5.74) is 0. The molecule has 2 aromatic rings. The molecule has 8 nitrogen and oxygen atoms in total. The molecule has 2 fully saturated rings. The van der Waals surface area contributed by atoms with Crippen molar-refractivity contribution in [1.29, 1.82) is 0 Å². The molecular formula is C17H24N6O2. The van der Waals surface area contributed by atoms with Gasteiger partial charge in [-0.25, -0.2) is 9.97 Å². The van der Waals surface area contributed by atoms with Gasteiger partial charge in [-0.15, -0.1) is 0 Å². The number of aryl methyl sites for hydroxylation is 1. The largest absolute Gasteiger partial charge is 0.377 e. The standard InChI is InChI=1S/C17H24N6O2/c1-11-18-5-6-22(11)9-16(24)23-7-13(12-3-4-12)14(8-23)17-19-15(10-25-2)20-21-17/h5-6,12-14H,3-4,7-10H2,1-2H3,(H,19,20,21)/t13-,14+/m1/s1. The fourth-order valence-corrected chi connectivity index (χ4v) is 3.80. The van der Waals surface area contributed by atoms with E-state index in [9.17, 15) is 4.79 Å². The lowest BCUT2D eigenvalue weighted by molar-refractivity contribution is -0.131. The van der Waals surface area contributed by atoms with Crippen LogP contribution in [0.25, 0.3) is 0 Å². The van der Waals surface area contributed by atoms with Gasteiger partial charge in [-0.05, 0) is 31.6 Å². The van der Waals surface area contributed by atoms with Crippen LogP contribution in [-0.4, -0.2) is 55.7 Å². The van der Waals surface area contributed by atoms with E-state index >= 15 is 0 Å². The van der Waals surface area contributed by atoms with Gasteiger partial charge >= 0.3 is 0 Å². The third kappa shape index (κ3) is 3.30. The fourth-order valence-electron chi connectivity index (χ4n) is 3.80. The van der Waals surface area contributed by atoms with Crippen LogP contribution in [0.4, 0.5) is 0 Å². The van der Waals surface area contributed by atoms with Crippen LogP contribution in [0.2, 0.25) is 0 Å². The van der Waals surface area contributed by atoms with Gasteiger partial charge in [-0.3, -0.25) is 9.89 Å². The van der Waals surface area contributed by atoms with E-state index in [-0.39, 0.29) is 11.8 Å². The van der Waals surface area contributed by atoms with E-state index in [1.807, 2.05) is 22.6 Å². The molecule has 1 aliphatic carbocycles. The maximum atomic E-state index is 12.7. The van der Waals surface area contributed by atoms with Crippen molar-refractivity contribution in [3.63, 3.8) is 0 Å². The van der Waals surface area contributed by atoms with E-state index in [1.165, 1.54) is 12.8 Å². The number of imidazole rings is 1. The number of aromatic amines is 1. The number of hydrogen-bond donors (Lipinski definition) is 1. The summed E-state index contributed by atoms with van der Waals surface area (Å²) in [4.78, 5) is 23.5. The van der Waals surface area contributed by atoms with E-state index in [0.29, 0.717) is 31.5 Å². The molecule has 0 bridgehead atoms. The number of carbonyl (C=O) groups excluding carboxylic acids is 1. The first kappa shape index (κ1) is 16.3. The van der Waals surface area contributed by atoms with Gasteiger partial charge in [0.25, 0.3) is 0 Å². The van der Waals surface area contributed by atoms with Crippen LogP contribution in [0.15, 0.2) is 12.4 Å². The maximum absolute atomic E-state index is 12.7. The van der Waals surface area contributed by atoms with E-state index in [0.717, 1.165) is 24.0 Å². The molecule has 0 spiro atoms. The van der Waals surface area contributed by atoms with E-state index in [2.05, 4.69) is 20.2 Å². The first-order chi connectivity index (χ1) is 12.2. The van der Waals surface area contributed by atoms with Crippen LogP contribution in [0, 0.1) is 18.8 Å². The first-order valence-electron chi connectivity index (χ1n) is 8.81. The minimum absolute atomic E-state index is 0.141. The van der Waals surface area contributed by atoms with Crippen LogP contribution in [0.5, 0.6) is 0 Å². The summed E-state index contributed by atoms with van der Waals surface area (Å²) in [6, 6.07) is 0. The van der Waals surface area contributed by atoms with Crippen molar-refractivity contribution in [3.05, 3.63) is 29.9 Å². The van der Waals surface area contributed by atoms with E-state index in [1.54, 1.807) is 13.3 Å². The van der Waals surface area contributed by atoms with Crippen LogP contribution >= 0.6 is 0 Å². The molecule has 1 amide bonds. The highest BCUT2D eigenvalue weighted by molar-refractivity contribution is 5.76. The molecule has 134 valence electrons. The topological polar surface area (TPSA) is 88.9 Å². The van der Waals surface area contributed by atoms with Crippen LogP contribution in [0.3, 0.4) is 0 Å². The predicted octanol–water partition coefficient (Wildman–Crippen LogP) is 1.11. The summed E-state index contributed by atoms with van der Waals surface area (Å²) in [7, 11) is 1.64. The van der Waals surface area contributed by atoms with Gasteiger partial charge in [0.15, 0.2) is 11.6 Å². The quantitative estimate of drug-likeness (QED) is 0.848. The lowest BCUT2D eigenvalue weighted by Crippen LogP contribution is -2.32. The molecule has 25 heavy (non-hydrogen) atoms. The van der Waals surface area contributed by atoms with Crippen molar-refractivity contribution in [2.75, 3.05) is 20.2 Å². The smallest absolute Gasteiger partial charge is 0.242 e. The second kappa shape index (κ2) is 6.59. The van der Waals surface area contributed by atoms with Gasteiger partial charge < -0.3 is 14.2 Å². The van der Waals surface area contributed by atoms with Crippen molar-refractivity contribution >= 4 is 5.91 Å². The summed E-state index contributed by atoms with van der Waals surface area (Å²) >= 11 is 0. The molecule has 2 aromatic heterocycles.